The van der Waals surface area contributed by atoms with Gasteiger partial charge in [-0.2, -0.15) is 11.8 Å². The second-order valence-electron chi connectivity index (χ2n) is 4.31. The van der Waals surface area contributed by atoms with Crippen molar-refractivity contribution in [3.8, 4) is 5.75 Å². The number of ether oxygens (including phenoxy) is 1. The molecule has 0 spiro atoms. The molecule has 0 radical (unpaired) electrons. The summed E-state index contributed by atoms with van der Waals surface area (Å²) in [5, 5.41) is 0.749. The van der Waals surface area contributed by atoms with Gasteiger partial charge in [0.15, 0.2) is 0 Å². The molecule has 0 aromatic heterocycles. The van der Waals surface area contributed by atoms with Gasteiger partial charge in [-0.1, -0.05) is 23.7 Å². The summed E-state index contributed by atoms with van der Waals surface area (Å²) in [6, 6.07) is 13.3. The molecule has 0 aliphatic rings. The van der Waals surface area contributed by atoms with Crippen molar-refractivity contribution < 1.29 is 9.53 Å². The molecule has 20 heavy (non-hydrogen) atoms. The molecule has 0 unspecified atom stereocenters. The van der Waals surface area contributed by atoms with Crippen molar-refractivity contribution in [3.05, 3.63) is 64.2 Å². The van der Waals surface area contributed by atoms with E-state index in [1.54, 1.807) is 24.9 Å². The first kappa shape index (κ1) is 14.9. The Labute approximate surface area is 128 Å². The van der Waals surface area contributed by atoms with Crippen LogP contribution in [0.5, 0.6) is 5.75 Å². The number of carbonyl (C=O) groups excluding carboxylic acids is 1. The minimum atomic E-state index is 0.674. The Morgan fingerprint density at radius 1 is 1.15 bits per heavy atom. The van der Waals surface area contributed by atoms with Gasteiger partial charge < -0.3 is 4.74 Å². The van der Waals surface area contributed by atoms with Gasteiger partial charge in [0.05, 0.1) is 7.11 Å². The van der Waals surface area contributed by atoms with Crippen molar-refractivity contribution in [3.63, 3.8) is 0 Å². The largest absolute Gasteiger partial charge is 0.496 e. The average molecular weight is 307 g/mol. The lowest BCUT2D eigenvalue weighted by Crippen LogP contribution is -1.93. The Kier molecular flexibility index (Phi) is 5.50. The highest BCUT2D eigenvalue weighted by Crippen LogP contribution is 2.26. The summed E-state index contributed by atoms with van der Waals surface area (Å²) >= 11 is 7.63. The van der Waals surface area contributed by atoms with Crippen LogP contribution in [0.2, 0.25) is 5.02 Å². The number of aldehydes is 1. The topological polar surface area (TPSA) is 26.3 Å². The lowest BCUT2D eigenvalue weighted by molar-refractivity contribution is 0.112. The zero-order chi connectivity index (χ0) is 14.4. The monoisotopic (exact) mass is 306 g/mol. The fraction of sp³-hybridized carbons (Fsp3) is 0.188. The molecule has 0 heterocycles. The molecule has 0 bridgehead atoms. The second kappa shape index (κ2) is 7.36. The van der Waals surface area contributed by atoms with Gasteiger partial charge in [-0.3, -0.25) is 4.79 Å². The van der Waals surface area contributed by atoms with E-state index in [0.29, 0.717) is 5.56 Å². The molecule has 0 aliphatic heterocycles. The van der Waals surface area contributed by atoms with Gasteiger partial charge in [0.1, 0.15) is 12.0 Å². The minimum absolute atomic E-state index is 0.674. The van der Waals surface area contributed by atoms with Crippen LogP contribution >= 0.6 is 23.4 Å². The molecule has 2 rings (SSSR count). The van der Waals surface area contributed by atoms with Crippen molar-refractivity contribution in [2.45, 2.75) is 11.5 Å². The third-order valence-corrected chi connectivity index (χ3v) is 4.18. The molecular weight excluding hydrogens is 292 g/mol. The van der Waals surface area contributed by atoms with Gasteiger partial charge in [-0.25, -0.2) is 0 Å². The summed E-state index contributed by atoms with van der Waals surface area (Å²) in [6.45, 7) is 0. The van der Waals surface area contributed by atoms with E-state index in [1.165, 1.54) is 5.56 Å². The van der Waals surface area contributed by atoms with E-state index in [2.05, 4.69) is 0 Å². The molecule has 104 valence electrons. The maximum absolute atomic E-state index is 10.8. The number of rotatable bonds is 6. The van der Waals surface area contributed by atoms with Crippen LogP contribution < -0.4 is 4.74 Å². The van der Waals surface area contributed by atoms with E-state index in [-0.39, 0.29) is 0 Å². The predicted molar refractivity (Wildman–Crippen MR) is 84.8 cm³/mol. The zero-order valence-electron chi connectivity index (χ0n) is 11.1. The van der Waals surface area contributed by atoms with Crippen LogP contribution in [0.15, 0.2) is 42.5 Å². The number of thioether (sulfide) groups is 1. The molecule has 0 atom stereocenters. The first-order chi connectivity index (χ1) is 9.72. The Balaban J connectivity index is 1.99. The summed E-state index contributed by atoms with van der Waals surface area (Å²) < 4.78 is 5.32. The second-order valence-corrected chi connectivity index (χ2v) is 5.73. The van der Waals surface area contributed by atoms with Crippen LogP contribution in [0.1, 0.15) is 21.5 Å². The summed E-state index contributed by atoms with van der Waals surface area (Å²) in [6.07, 6.45) is 0.854. The number of hydrogen-bond acceptors (Lipinski definition) is 3. The van der Waals surface area contributed by atoms with Gasteiger partial charge >= 0.3 is 0 Å². The lowest BCUT2D eigenvalue weighted by atomic mass is 10.1. The third kappa shape index (κ3) is 4.02. The molecule has 2 aromatic carbocycles. The van der Waals surface area contributed by atoms with Crippen LogP contribution in [0.25, 0.3) is 0 Å². The van der Waals surface area contributed by atoms with Crippen molar-refractivity contribution >= 4 is 29.6 Å². The summed E-state index contributed by atoms with van der Waals surface area (Å²) in [5.41, 5.74) is 2.94. The smallest absolute Gasteiger partial charge is 0.150 e. The Hall–Kier alpha value is -1.45. The fourth-order valence-corrected chi connectivity index (χ4v) is 2.95. The highest BCUT2D eigenvalue weighted by Gasteiger charge is 2.05. The minimum Gasteiger partial charge on any atom is -0.496 e. The summed E-state index contributed by atoms with van der Waals surface area (Å²) in [4.78, 5) is 10.8. The molecule has 0 saturated heterocycles. The van der Waals surface area contributed by atoms with Gasteiger partial charge in [-0.05, 0) is 35.9 Å². The Bertz CT molecular complexity index is 582. The van der Waals surface area contributed by atoms with Gasteiger partial charge in [0, 0.05) is 27.7 Å². The molecule has 0 aliphatic carbocycles. The molecule has 2 nitrogen and oxygen atoms in total. The molecular formula is C16H15ClO2S. The normalized spacial score (nSPS) is 10.3. The lowest BCUT2D eigenvalue weighted by Gasteiger charge is -2.09. The average Bonchev–Trinajstić information content (AvgIpc) is 2.49. The van der Waals surface area contributed by atoms with E-state index in [4.69, 9.17) is 16.3 Å². The summed E-state index contributed by atoms with van der Waals surface area (Å²) in [7, 11) is 1.64. The van der Waals surface area contributed by atoms with E-state index in [1.807, 2.05) is 36.4 Å². The predicted octanol–water partition coefficient (Wildman–Crippen LogP) is 4.59. The van der Waals surface area contributed by atoms with Crippen LogP contribution in [0.3, 0.4) is 0 Å². The fourth-order valence-electron chi connectivity index (χ4n) is 1.84. The van der Waals surface area contributed by atoms with E-state index in [9.17, 15) is 4.79 Å². The Morgan fingerprint density at radius 3 is 2.55 bits per heavy atom. The van der Waals surface area contributed by atoms with Crippen LogP contribution in [0, 0.1) is 0 Å². The maximum Gasteiger partial charge on any atom is 0.150 e. The van der Waals surface area contributed by atoms with Crippen molar-refractivity contribution in [2.24, 2.45) is 0 Å². The van der Waals surface area contributed by atoms with E-state index < -0.39 is 0 Å². The van der Waals surface area contributed by atoms with Gasteiger partial charge in [0.25, 0.3) is 0 Å². The summed E-state index contributed by atoms with van der Waals surface area (Å²) in [5.74, 6) is 2.51. The molecule has 4 heteroatoms. The Morgan fingerprint density at radius 2 is 1.90 bits per heavy atom. The molecule has 0 N–H and O–H groups in total. The third-order valence-electron chi connectivity index (χ3n) is 2.88. The number of carbonyl (C=O) groups is 1. The van der Waals surface area contributed by atoms with E-state index >= 15 is 0 Å². The van der Waals surface area contributed by atoms with Crippen LogP contribution in [0.4, 0.5) is 0 Å². The zero-order valence-corrected chi connectivity index (χ0v) is 12.7. The first-order valence-corrected chi connectivity index (χ1v) is 7.70. The molecule has 0 fully saturated rings. The van der Waals surface area contributed by atoms with Crippen LogP contribution in [-0.4, -0.2) is 13.4 Å². The van der Waals surface area contributed by atoms with Gasteiger partial charge in [0.2, 0.25) is 0 Å². The standard InChI is InChI=1S/C16H15ClO2S/c1-19-16-7-4-13(9-18)8-14(16)11-20-10-12-2-5-15(17)6-3-12/h2-9H,10-11H2,1H3. The van der Waals surface area contributed by atoms with Crippen molar-refractivity contribution in [2.75, 3.05) is 7.11 Å². The first-order valence-electron chi connectivity index (χ1n) is 6.17. The van der Waals surface area contributed by atoms with E-state index in [0.717, 1.165) is 34.1 Å². The van der Waals surface area contributed by atoms with Gasteiger partial charge in [-0.15, -0.1) is 0 Å². The number of methoxy groups -OCH3 is 1. The highest BCUT2D eigenvalue weighted by molar-refractivity contribution is 7.97. The molecule has 0 amide bonds. The SMILES string of the molecule is COc1ccc(C=O)cc1CSCc1ccc(Cl)cc1. The molecule has 2 aromatic rings. The number of hydrogen-bond donors (Lipinski definition) is 0. The van der Waals surface area contributed by atoms with Crippen LogP contribution in [-0.2, 0) is 11.5 Å². The van der Waals surface area contributed by atoms with Crippen molar-refractivity contribution in [1.82, 2.24) is 0 Å². The quantitative estimate of drug-likeness (QED) is 0.730. The highest BCUT2D eigenvalue weighted by atomic mass is 35.5. The molecule has 0 saturated carbocycles. The number of halogens is 1. The van der Waals surface area contributed by atoms with Crippen molar-refractivity contribution in [1.29, 1.82) is 0 Å². The number of benzene rings is 2. The maximum atomic E-state index is 10.8.